The van der Waals surface area contributed by atoms with Gasteiger partial charge in [-0.1, -0.05) is 33.8 Å². The Hall–Kier alpha value is -1.34. The molecule has 1 amide bonds. The molecule has 0 spiro atoms. The molecule has 1 heterocycles. The highest BCUT2D eigenvalue weighted by Crippen LogP contribution is 2.39. The summed E-state index contributed by atoms with van der Waals surface area (Å²) in [4.78, 5) is 12.3. The van der Waals surface area contributed by atoms with Gasteiger partial charge in [0.15, 0.2) is 5.16 Å². The molecule has 0 bridgehead atoms. The van der Waals surface area contributed by atoms with Gasteiger partial charge in [-0.2, -0.15) is 0 Å². The van der Waals surface area contributed by atoms with Crippen molar-refractivity contribution in [3.05, 3.63) is 34.6 Å². The van der Waals surface area contributed by atoms with Crippen LogP contribution in [0.15, 0.2) is 33.9 Å². The van der Waals surface area contributed by atoms with Gasteiger partial charge >= 0.3 is 0 Å². The first-order valence-electron chi connectivity index (χ1n) is 7.19. The lowest BCUT2D eigenvalue weighted by molar-refractivity contribution is -0.115. The fourth-order valence-electron chi connectivity index (χ4n) is 2.21. The van der Waals surface area contributed by atoms with E-state index in [0.29, 0.717) is 6.04 Å². The van der Waals surface area contributed by atoms with Crippen LogP contribution in [0, 0.1) is 6.92 Å². The first kappa shape index (κ1) is 15.6. The van der Waals surface area contributed by atoms with Crippen molar-refractivity contribution in [2.24, 2.45) is 0 Å². The van der Waals surface area contributed by atoms with Crippen LogP contribution in [0.25, 0.3) is 0 Å². The molecule has 1 aliphatic carbocycles. The summed E-state index contributed by atoms with van der Waals surface area (Å²) in [6, 6.07) is 8.08. The third-order valence-corrected chi connectivity index (χ3v) is 5.04. The molecule has 116 valence electrons. The van der Waals surface area contributed by atoms with Crippen molar-refractivity contribution >= 4 is 39.3 Å². The van der Waals surface area contributed by atoms with Gasteiger partial charge in [0.2, 0.25) is 5.91 Å². The lowest BCUT2D eigenvalue weighted by atomic mass is 10.3. The predicted octanol–water partition coefficient (Wildman–Crippen LogP) is 3.80. The van der Waals surface area contributed by atoms with Crippen molar-refractivity contribution in [1.82, 2.24) is 14.8 Å². The van der Waals surface area contributed by atoms with Crippen molar-refractivity contribution in [3.63, 3.8) is 0 Å². The second-order valence-electron chi connectivity index (χ2n) is 5.39. The molecule has 0 radical (unpaired) electrons. The summed E-state index contributed by atoms with van der Waals surface area (Å²) in [5, 5.41) is 11.9. The van der Waals surface area contributed by atoms with Crippen LogP contribution < -0.4 is 5.32 Å². The molecule has 7 heteroatoms. The van der Waals surface area contributed by atoms with Gasteiger partial charge in [-0.15, -0.1) is 10.2 Å². The Bertz CT molecular complexity index is 699. The fraction of sp³-hybridized carbons (Fsp3) is 0.400. The minimum atomic E-state index is -0.236. The Morgan fingerprint density at radius 1 is 1.45 bits per heavy atom. The van der Waals surface area contributed by atoms with Gasteiger partial charge in [0.25, 0.3) is 0 Å². The lowest BCUT2D eigenvalue weighted by Crippen LogP contribution is -2.23. The number of nitrogens with one attached hydrogen (secondary N) is 1. The molecule has 1 aromatic carbocycles. The minimum absolute atomic E-state index is 0.0360. The summed E-state index contributed by atoms with van der Waals surface area (Å²) >= 11 is 4.86. The van der Waals surface area contributed by atoms with Gasteiger partial charge in [-0.05, 0) is 44.9 Å². The largest absolute Gasteiger partial charge is 0.325 e. The molecule has 0 saturated heterocycles. The molecule has 1 N–H and O–H groups in total. The summed E-state index contributed by atoms with van der Waals surface area (Å²) in [5.74, 6) is 0.885. The molecule has 2 aromatic rings. The average Bonchev–Trinajstić information content (AvgIpc) is 3.24. The Balaban J connectivity index is 1.66. The molecule has 0 unspecified atom stereocenters. The maximum absolute atomic E-state index is 12.3. The minimum Gasteiger partial charge on any atom is -0.325 e. The molecule has 1 aromatic heterocycles. The van der Waals surface area contributed by atoms with E-state index in [1.807, 2.05) is 38.1 Å². The first-order valence-corrected chi connectivity index (χ1v) is 8.86. The number of anilines is 1. The van der Waals surface area contributed by atoms with E-state index in [0.717, 1.165) is 21.1 Å². The quantitative estimate of drug-likeness (QED) is 0.801. The van der Waals surface area contributed by atoms with Crippen LogP contribution in [-0.2, 0) is 4.79 Å². The molecule has 3 rings (SSSR count). The van der Waals surface area contributed by atoms with E-state index in [-0.39, 0.29) is 11.2 Å². The summed E-state index contributed by atoms with van der Waals surface area (Å²) in [5.41, 5.74) is 0.784. The van der Waals surface area contributed by atoms with Gasteiger partial charge in [0, 0.05) is 16.2 Å². The summed E-state index contributed by atoms with van der Waals surface area (Å²) < 4.78 is 3.09. The van der Waals surface area contributed by atoms with E-state index in [4.69, 9.17) is 0 Å². The van der Waals surface area contributed by atoms with Crippen LogP contribution >= 0.6 is 27.7 Å². The standard InChI is InChI=1S/C15H17BrN4OS/c1-9(14(21)17-12-5-3-4-11(16)8-12)22-15-19-18-10(2)20(15)13-6-7-13/h3-5,8-9,13H,6-7H2,1-2H3,(H,17,21)/t9-/m0/s1. The van der Waals surface area contributed by atoms with Crippen LogP contribution in [-0.4, -0.2) is 25.9 Å². The number of aryl methyl sites for hydroxylation is 1. The number of nitrogens with zero attached hydrogens (tertiary/aromatic N) is 3. The zero-order valence-electron chi connectivity index (χ0n) is 12.4. The van der Waals surface area contributed by atoms with E-state index in [1.54, 1.807) is 0 Å². The summed E-state index contributed by atoms with van der Waals surface area (Å²) in [6.45, 7) is 3.85. The third kappa shape index (κ3) is 3.52. The van der Waals surface area contributed by atoms with Crippen LogP contribution in [0.5, 0.6) is 0 Å². The second-order valence-corrected chi connectivity index (χ2v) is 7.61. The molecule has 1 atom stereocenters. The topological polar surface area (TPSA) is 59.8 Å². The number of benzene rings is 1. The molecule has 22 heavy (non-hydrogen) atoms. The summed E-state index contributed by atoms with van der Waals surface area (Å²) in [7, 11) is 0. The zero-order chi connectivity index (χ0) is 15.7. The smallest absolute Gasteiger partial charge is 0.237 e. The van der Waals surface area contributed by atoms with Gasteiger partial charge in [-0.25, -0.2) is 0 Å². The first-order chi connectivity index (χ1) is 10.5. The van der Waals surface area contributed by atoms with Crippen LogP contribution in [0.1, 0.15) is 31.6 Å². The fourth-order valence-corrected chi connectivity index (χ4v) is 3.57. The van der Waals surface area contributed by atoms with Gasteiger partial charge < -0.3 is 9.88 Å². The number of halogens is 1. The Labute approximate surface area is 142 Å². The van der Waals surface area contributed by atoms with Crippen molar-refractivity contribution in [2.45, 2.75) is 43.1 Å². The molecular formula is C15H17BrN4OS. The van der Waals surface area contributed by atoms with Gasteiger partial charge in [0.1, 0.15) is 5.82 Å². The predicted molar refractivity (Wildman–Crippen MR) is 91.1 cm³/mol. The number of carbonyl (C=O) groups is 1. The number of thioether (sulfide) groups is 1. The van der Waals surface area contributed by atoms with Gasteiger partial charge in [-0.3, -0.25) is 4.79 Å². The molecule has 1 aliphatic rings. The SMILES string of the molecule is Cc1nnc(S[C@@H](C)C(=O)Nc2cccc(Br)c2)n1C1CC1. The number of carbonyl (C=O) groups excluding carboxylic acids is 1. The van der Waals surface area contributed by atoms with Crippen molar-refractivity contribution in [1.29, 1.82) is 0 Å². The number of hydrogen-bond donors (Lipinski definition) is 1. The highest BCUT2D eigenvalue weighted by atomic mass is 79.9. The molecular weight excluding hydrogens is 364 g/mol. The average molecular weight is 381 g/mol. The lowest BCUT2D eigenvalue weighted by Gasteiger charge is -2.13. The normalized spacial score (nSPS) is 15.6. The van der Waals surface area contributed by atoms with Crippen molar-refractivity contribution < 1.29 is 4.79 Å². The highest BCUT2D eigenvalue weighted by molar-refractivity contribution is 9.10. The number of hydrogen-bond acceptors (Lipinski definition) is 4. The number of amides is 1. The van der Waals surface area contributed by atoms with E-state index in [2.05, 4.69) is 36.0 Å². The Kier molecular flexibility index (Phi) is 4.54. The number of rotatable bonds is 5. The second kappa shape index (κ2) is 6.42. The van der Waals surface area contributed by atoms with E-state index in [1.165, 1.54) is 24.6 Å². The molecule has 5 nitrogen and oxygen atoms in total. The monoisotopic (exact) mass is 380 g/mol. The Morgan fingerprint density at radius 3 is 2.91 bits per heavy atom. The maximum Gasteiger partial charge on any atom is 0.237 e. The molecule has 1 fully saturated rings. The summed E-state index contributed by atoms with van der Waals surface area (Å²) in [6.07, 6.45) is 2.34. The molecule has 1 saturated carbocycles. The van der Waals surface area contributed by atoms with E-state index >= 15 is 0 Å². The number of aromatic nitrogens is 3. The van der Waals surface area contributed by atoms with Crippen LogP contribution in [0.4, 0.5) is 5.69 Å². The van der Waals surface area contributed by atoms with Crippen molar-refractivity contribution in [2.75, 3.05) is 5.32 Å². The van der Waals surface area contributed by atoms with Gasteiger partial charge in [0.05, 0.1) is 5.25 Å². The van der Waals surface area contributed by atoms with Crippen LogP contribution in [0.2, 0.25) is 0 Å². The van der Waals surface area contributed by atoms with E-state index < -0.39 is 0 Å². The highest BCUT2D eigenvalue weighted by Gasteiger charge is 2.29. The zero-order valence-corrected chi connectivity index (χ0v) is 14.8. The Morgan fingerprint density at radius 2 is 2.23 bits per heavy atom. The van der Waals surface area contributed by atoms with Crippen LogP contribution in [0.3, 0.4) is 0 Å². The maximum atomic E-state index is 12.3. The third-order valence-electron chi connectivity index (χ3n) is 3.49. The van der Waals surface area contributed by atoms with E-state index in [9.17, 15) is 4.79 Å². The van der Waals surface area contributed by atoms with Crippen molar-refractivity contribution in [3.8, 4) is 0 Å². The molecule has 0 aliphatic heterocycles.